The second-order valence-corrected chi connectivity index (χ2v) is 12.4. The van der Waals surface area contributed by atoms with Crippen LogP contribution in [0.2, 0.25) is 0 Å². The van der Waals surface area contributed by atoms with Crippen molar-refractivity contribution in [1.82, 2.24) is 0 Å². The Balaban J connectivity index is 1.56. The smallest absolute Gasteiger partial charge is 0.310 e. The van der Waals surface area contributed by atoms with Crippen LogP contribution in [0.4, 0.5) is 0 Å². The van der Waals surface area contributed by atoms with Gasteiger partial charge in [-0.15, -0.1) is 0 Å². The molecule has 4 fully saturated rings. The number of rotatable bonds is 1. The van der Waals surface area contributed by atoms with Crippen molar-refractivity contribution in [3.8, 4) is 0 Å². The zero-order valence-electron chi connectivity index (χ0n) is 19.2. The predicted molar refractivity (Wildman–Crippen MR) is 117 cm³/mol. The molecule has 1 N–H and O–H groups in total. The molecule has 0 spiro atoms. The van der Waals surface area contributed by atoms with Crippen LogP contribution in [0.5, 0.6) is 0 Å². The van der Waals surface area contributed by atoms with E-state index in [-0.39, 0.29) is 0 Å². The lowest BCUT2D eigenvalue weighted by Crippen LogP contribution is -2.59. The summed E-state index contributed by atoms with van der Waals surface area (Å²) in [5.41, 5.74) is 2.00. The van der Waals surface area contributed by atoms with Gasteiger partial charge in [0, 0.05) is 0 Å². The maximum absolute atomic E-state index is 12.5. The highest BCUT2D eigenvalue weighted by molar-refractivity contribution is 5.76. The Labute approximate surface area is 177 Å². The number of aliphatic carboxylic acids is 1. The SMILES string of the molecule is CC1CCCC2(C(=O)O)CCC3C(=CCC4C3(C)CCC3C(C)CCCC34C)C12. The molecule has 5 rings (SSSR count). The number of carboxylic acid groups (broad SMARTS) is 1. The molecule has 0 aromatic rings. The van der Waals surface area contributed by atoms with E-state index >= 15 is 0 Å². The van der Waals surface area contributed by atoms with Crippen molar-refractivity contribution in [2.24, 2.45) is 51.8 Å². The van der Waals surface area contributed by atoms with E-state index in [0.29, 0.717) is 28.6 Å². The maximum atomic E-state index is 12.5. The van der Waals surface area contributed by atoms with Gasteiger partial charge in [0.2, 0.25) is 0 Å². The first-order chi connectivity index (χ1) is 13.7. The standard InChI is InChI=1S/C27H42O2/c1-17-7-5-13-25(3)20(17)11-15-26(4)21-12-16-27(24(28)29)14-6-8-18(2)23(27)19(21)9-10-22(25)26/h9,17-18,20-23H,5-8,10-16H2,1-4H3,(H,28,29). The van der Waals surface area contributed by atoms with Crippen LogP contribution < -0.4 is 0 Å². The lowest BCUT2D eigenvalue weighted by atomic mass is 9.38. The summed E-state index contributed by atoms with van der Waals surface area (Å²) in [5.74, 6) is 3.53. The number of hydrogen-bond donors (Lipinski definition) is 1. The third-order valence-electron chi connectivity index (χ3n) is 11.4. The third-order valence-corrected chi connectivity index (χ3v) is 11.4. The van der Waals surface area contributed by atoms with Crippen molar-refractivity contribution in [1.29, 1.82) is 0 Å². The molecule has 0 saturated heterocycles. The summed E-state index contributed by atoms with van der Waals surface area (Å²) in [6.07, 6.45) is 16.1. The Kier molecular flexibility index (Phi) is 4.58. The van der Waals surface area contributed by atoms with Gasteiger partial charge in [-0.05, 0) is 91.3 Å². The fraction of sp³-hybridized carbons (Fsp3) is 0.889. The van der Waals surface area contributed by atoms with Crippen LogP contribution in [-0.4, -0.2) is 11.1 Å². The van der Waals surface area contributed by atoms with Crippen LogP contribution in [0.15, 0.2) is 11.6 Å². The molecule has 5 aliphatic carbocycles. The quantitative estimate of drug-likeness (QED) is 0.479. The second kappa shape index (κ2) is 6.60. The van der Waals surface area contributed by atoms with Crippen molar-refractivity contribution in [2.75, 3.05) is 0 Å². The van der Waals surface area contributed by atoms with Gasteiger partial charge in [-0.1, -0.05) is 65.0 Å². The molecule has 162 valence electrons. The first-order valence-electron chi connectivity index (χ1n) is 12.7. The third kappa shape index (κ3) is 2.56. The molecule has 4 saturated carbocycles. The number of carbonyl (C=O) groups is 1. The van der Waals surface area contributed by atoms with Crippen molar-refractivity contribution in [3.63, 3.8) is 0 Å². The van der Waals surface area contributed by atoms with Gasteiger partial charge in [0.05, 0.1) is 5.41 Å². The molecule has 0 bridgehead atoms. The first kappa shape index (κ1) is 20.1. The molecular formula is C27H42O2. The topological polar surface area (TPSA) is 37.3 Å². The minimum atomic E-state index is -0.502. The molecule has 0 aromatic heterocycles. The van der Waals surface area contributed by atoms with E-state index < -0.39 is 11.4 Å². The first-order valence-corrected chi connectivity index (χ1v) is 12.7. The normalized spacial score (nSPS) is 54.3. The van der Waals surface area contributed by atoms with E-state index in [2.05, 4.69) is 33.8 Å². The molecule has 2 heteroatoms. The number of carboxylic acids is 1. The van der Waals surface area contributed by atoms with Crippen LogP contribution in [0.3, 0.4) is 0 Å². The van der Waals surface area contributed by atoms with Crippen LogP contribution >= 0.6 is 0 Å². The highest BCUT2D eigenvalue weighted by atomic mass is 16.4. The van der Waals surface area contributed by atoms with Gasteiger partial charge in [0.25, 0.3) is 0 Å². The van der Waals surface area contributed by atoms with E-state index in [9.17, 15) is 9.90 Å². The van der Waals surface area contributed by atoms with Crippen LogP contribution in [-0.2, 0) is 4.79 Å². The van der Waals surface area contributed by atoms with Crippen molar-refractivity contribution < 1.29 is 9.90 Å². The average molecular weight is 399 g/mol. The van der Waals surface area contributed by atoms with Gasteiger partial charge in [0.1, 0.15) is 0 Å². The molecule has 0 amide bonds. The Hall–Kier alpha value is -0.790. The number of allylic oxidation sites excluding steroid dienone is 2. The minimum Gasteiger partial charge on any atom is -0.481 e. The highest BCUT2D eigenvalue weighted by Gasteiger charge is 2.63. The minimum absolute atomic E-state index is 0.293. The van der Waals surface area contributed by atoms with Gasteiger partial charge >= 0.3 is 5.97 Å². The van der Waals surface area contributed by atoms with Gasteiger partial charge in [-0.2, -0.15) is 0 Å². The fourth-order valence-electron chi connectivity index (χ4n) is 10.1. The van der Waals surface area contributed by atoms with Gasteiger partial charge in [0.15, 0.2) is 0 Å². The fourth-order valence-corrected chi connectivity index (χ4v) is 10.1. The summed E-state index contributed by atoms with van der Waals surface area (Å²) < 4.78 is 0. The Morgan fingerprint density at radius 2 is 1.66 bits per heavy atom. The average Bonchev–Trinajstić information content (AvgIpc) is 2.67. The van der Waals surface area contributed by atoms with Crippen molar-refractivity contribution in [3.05, 3.63) is 11.6 Å². The summed E-state index contributed by atoms with van der Waals surface area (Å²) in [5, 5.41) is 10.3. The number of hydrogen-bond acceptors (Lipinski definition) is 1. The number of fused-ring (bicyclic) bond motifs is 7. The Bertz CT molecular complexity index is 724. The van der Waals surface area contributed by atoms with E-state index in [0.717, 1.165) is 43.4 Å². The molecule has 2 nitrogen and oxygen atoms in total. The van der Waals surface area contributed by atoms with E-state index in [1.165, 1.54) is 44.9 Å². The zero-order chi connectivity index (χ0) is 20.6. The summed E-state index contributed by atoms with van der Waals surface area (Å²) in [7, 11) is 0. The monoisotopic (exact) mass is 398 g/mol. The van der Waals surface area contributed by atoms with Crippen molar-refractivity contribution in [2.45, 2.75) is 98.3 Å². The molecular weight excluding hydrogens is 356 g/mol. The molecule has 0 aliphatic heterocycles. The predicted octanol–water partition coefficient (Wildman–Crippen LogP) is 7.09. The van der Waals surface area contributed by atoms with Crippen LogP contribution in [0.1, 0.15) is 98.3 Å². The summed E-state index contributed by atoms with van der Waals surface area (Å²) in [6, 6.07) is 0. The van der Waals surface area contributed by atoms with E-state index in [1.807, 2.05) is 0 Å². The Morgan fingerprint density at radius 3 is 2.41 bits per heavy atom. The summed E-state index contributed by atoms with van der Waals surface area (Å²) in [6.45, 7) is 10.1. The van der Waals surface area contributed by atoms with Crippen molar-refractivity contribution >= 4 is 5.97 Å². The lowest BCUT2D eigenvalue weighted by molar-refractivity contribution is -0.165. The zero-order valence-corrected chi connectivity index (χ0v) is 19.2. The molecule has 0 aromatic carbocycles. The molecule has 0 radical (unpaired) electrons. The molecule has 0 heterocycles. The lowest BCUT2D eigenvalue weighted by Gasteiger charge is -2.66. The largest absolute Gasteiger partial charge is 0.481 e. The van der Waals surface area contributed by atoms with E-state index in [1.54, 1.807) is 5.57 Å². The van der Waals surface area contributed by atoms with Gasteiger partial charge < -0.3 is 5.11 Å². The van der Waals surface area contributed by atoms with Gasteiger partial charge in [-0.25, -0.2) is 0 Å². The van der Waals surface area contributed by atoms with E-state index in [4.69, 9.17) is 0 Å². The maximum Gasteiger partial charge on any atom is 0.310 e. The highest BCUT2D eigenvalue weighted by Crippen LogP contribution is 2.70. The molecule has 5 aliphatic rings. The van der Waals surface area contributed by atoms with Crippen LogP contribution in [0.25, 0.3) is 0 Å². The second-order valence-electron chi connectivity index (χ2n) is 12.4. The summed E-state index contributed by atoms with van der Waals surface area (Å²) >= 11 is 0. The van der Waals surface area contributed by atoms with Crippen LogP contribution in [0, 0.1) is 51.8 Å². The molecule has 9 unspecified atom stereocenters. The summed E-state index contributed by atoms with van der Waals surface area (Å²) in [4.78, 5) is 12.5. The molecule has 9 atom stereocenters. The Morgan fingerprint density at radius 1 is 0.931 bits per heavy atom. The molecule has 29 heavy (non-hydrogen) atoms. The van der Waals surface area contributed by atoms with Gasteiger partial charge in [-0.3, -0.25) is 4.79 Å².